The number of rotatable bonds is 8. The Balaban J connectivity index is 2.01. The molecule has 132 valence electrons. The first kappa shape index (κ1) is 18.6. The van der Waals surface area contributed by atoms with Gasteiger partial charge in [0.05, 0.1) is 12.3 Å². The summed E-state index contributed by atoms with van der Waals surface area (Å²) in [5.41, 5.74) is 1.21. The van der Waals surface area contributed by atoms with Crippen molar-refractivity contribution in [1.29, 1.82) is 0 Å². The van der Waals surface area contributed by atoms with Crippen molar-refractivity contribution in [2.24, 2.45) is 0 Å². The van der Waals surface area contributed by atoms with Crippen molar-refractivity contribution in [2.45, 2.75) is 25.9 Å². The SMILES string of the molecule is CCS(=O)(=O)Nc1ccc(CN2C(=O)NC(CCSC)C2=O)cc1. The maximum absolute atomic E-state index is 12.3. The van der Waals surface area contributed by atoms with Crippen molar-refractivity contribution in [3.05, 3.63) is 29.8 Å². The van der Waals surface area contributed by atoms with Crippen LogP contribution in [0.25, 0.3) is 0 Å². The van der Waals surface area contributed by atoms with Gasteiger partial charge < -0.3 is 5.32 Å². The number of nitrogens with one attached hydrogen (secondary N) is 2. The zero-order valence-electron chi connectivity index (χ0n) is 13.6. The summed E-state index contributed by atoms with van der Waals surface area (Å²) in [5.74, 6) is 0.579. The average Bonchev–Trinajstić information content (AvgIpc) is 2.82. The molecule has 0 aliphatic carbocycles. The summed E-state index contributed by atoms with van der Waals surface area (Å²) in [6.45, 7) is 1.73. The van der Waals surface area contributed by atoms with Crippen LogP contribution in [0.4, 0.5) is 10.5 Å². The molecule has 2 N–H and O–H groups in total. The van der Waals surface area contributed by atoms with Crippen molar-refractivity contribution < 1.29 is 18.0 Å². The summed E-state index contributed by atoms with van der Waals surface area (Å²) in [7, 11) is -3.32. The topological polar surface area (TPSA) is 95.6 Å². The Morgan fingerprint density at radius 3 is 2.50 bits per heavy atom. The molecular formula is C15H21N3O4S2. The van der Waals surface area contributed by atoms with E-state index in [1.807, 2.05) is 6.26 Å². The van der Waals surface area contributed by atoms with E-state index in [9.17, 15) is 18.0 Å². The number of imide groups is 1. The number of carbonyl (C=O) groups is 2. The number of amides is 3. The minimum Gasteiger partial charge on any atom is -0.326 e. The van der Waals surface area contributed by atoms with E-state index in [2.05, 4.69) is 10.0 Å². The van der Waals surface area contributed by atoms with Crippen LogP contribution in [0.15, 0.2) is 24.3 Å². The molecule has 1 saturated heterocycles. The van der Waals surface area contributed by atoms with Gasteiger partial charge in [0.2, 0.25) is 10.0 Å². The number of thioether (sulfide) groups is 1. The van der Waals surface area contributed by atoms with E-state index in [1.165, 1.54) is 4.90 Å². The van der Waals surface area contributed by atoms with E-state index in [-0.39, 0.29) is 24.2 Å². The molecule has 0 saturated carbocycles. The molecule has 2 rings (SSSR count). The summed E-state index contributed by atoms with van der Waals surface area (Å²) in [6, 6.07) is 5.79. The van der Waals surface area contributed by atoms with Crippen molar-refractivity contribution in [3.8, 4) is 0 Å². The normalized spacial score (nSPS) is 17.9. The van der Waals surface area contributed by atoms with Crippen molar-refractivity contribution >= 4 is 39.4 Å². The van der Waals surface area contributed by atoms with Gasteiger partial charge in [-0.15, -0.1) is 0 Å². The standard InChI is InChI=1S/C15H21N3O4S2/c1-3-24(21,22)17-12-6-4-11(5-7-12)10-18-14(19)13(8-9-23-2)16-15(18)20/h4-7,13,17H,3,8-10H2,1-2H3,(H,16,20). The molecule has 9 heteroatoms. The highest BCUT2D eigenvalue weighted by atomic mass is 32.2. The van der Waals surface area contributed by atoms with Gasteiger partial charge in [-0.2, -0.15) is 11.8 Å². The third kappa shape index (κ3) is 4.64. The molecule has 0 bridgehead atoms. The molecule has 24 heavy (non-hydrogen) atoms. The highest BCUT2D eigenvalue weighted by Crippen LogP contribution is 2.17. The molecule has 1 aliphatic rings. The lowest BCUT2D eigenvalue weighted by atomic mass is 10.2. The van der Waals surface area contributed by atoms with E-state index in [1.54, 1.807) is 43.0 Å². The minimum absolute atomic E-state index is 0.00532. The molecule has 7 nitrogen and oxygen atoms in total. The first-order chi connectivity index (χ1) is 11.4. The smallest absolute Gasteiger partial charge is 0.325 e. The van der Waals surface area contributed by atoms with E-state index >= 15 is 0 Å². The molecule has 1 heterocycles. The Labute approximate surface area is 146 Å². The number of hydrogen-bond donors (Lipinski definition) is 2. The van der Waals surface area contributed by atoms with E-state index in [0.717, 1.165) is 11.3 Å². The lowest BCUT2D eigenvalue weighted by Gasteiger charge is -2.13. The summed E-state index contributed by atoms with van der Waals surface area (Å²) in [6.07, 6.45) is 2.56. The predicted octanol–water partition coefficient (Wildman–Crippen LogP) is 1.62. The largest absolute Gasteiger partial charge is 0.326 e. The first-order valence-electron chi connectivity index (χ1n) is 7.56. The molecule has 1 fully saturated rings. The Hall–Kier alpha value is -1.74. The van der Waals surface area contributed by atoms with Crippen LogP contribution >= 0.6 is 11.8 Å². The highest BCUT2D eigenvalue weighted by Gasteiger charge is 2.37. The second-order valence-corrected chi connectivity index (χ2v) is 8.41. The number of anilines is 1. The molecule has 1 aliphatic heterocycles. The number of benzene rings is 1. The van der Waals surface area contributed by atoms with Crippen LogP contribution < -0.4 is 10.0 Å². The maximum Gasteiger partial charge on any atom is 0.325 e. The molecule has 0 aromatic heterocycles. The van der Waals surface area contributed by atoms with Gasteiger partial charge in [-0.3, -0.25) is 14.4 Å². The van der Waals surface area contributed by atoms with Crippen LogP contribution in [0.1, 0.15) is 18.9 Å². The summed E-state index contributed by atoms with van der Waals surface area (Å²) in [4.78, 5) is 25.4. The second kappa shape index (κ2) is 7.89. The number of sulfonamides is 1. The van der Waals surface area contributed by atoms with Crippen LogP contribution in [0.2, 0.25) is 0 Å². The lowest BCUT2D eigenvalue weighted by molar-refractivity contribution is -0.127. The van der Waals surface area contributed by atoms with E-state index in [0.29, 0.717) is 12.1 Å². The molecule has 1 atom stereocenters. The fourth-order valence-corrected chi connectivity index (χ4v) is 3.38. The summed E-state index contributed by atoms with van der Waals surface area (Å²) < 4.78 is 25.5. The summed E-state index contributed by atoms with van der Waals surface area (Å²) >= 11 is 1.63. The number of hydrogen-bond acceptors (Lipinski definition) is 5. The van der Waals surface area contributed by atoms with Crippen molar-refractivity contribution in [2.75, 3.05) is 22.5 Å². The fraction of sp³-hybridized carbons (Fsp3) is 0.467. The van der Waals surface area contributed by atoms with E-state index < -0.39 is 16.1 Å². The van der Waals surface area contributed by atoms with Gasteiger partial charge in [-0.1, -0.05) is 12.1 Å². The van der Waals surface area contributed by atoms with Crippen LogP contribution in [0.5, 0.6) is 0 Å². The zero-order valence-corrected chi connectivity index (χ0v) is 15.2. The van der Waals surface area contributed by atoms with Gasteiger partial charge >= 0.3 is 6.03 Å². The van der Waals surface area contributed by atoms with Gasteiger partial charge in [0.25, 0.3) is 5.91 Å². The Morgan fingerprint density at radius 1 is 1.25 bits per heavy atom. The van der Waals surface area contributed by atoms with Crippen LogP contribution in [-0.2, 0) is 21.4 Å². The lowest BCUT2D eigenvalue weighted by Crippen LogP contribution is -2.31. The monoisotopic (exact) mass is 371 g/mol. The third-order valence-electron chi connectivity index (χ3n) is 3.67. The minimum atomic E-state index is -3.32. The van der Waals surface area contributed by atoms with Crippen molar-refractivity contribution in [1.82, 2.24) is 10.2 Å². The quantitative estimate of drug-likeness (QED) is 0.677. The third-order valence-corrected chi connectivity index (χ3v) is 5.62. The van der Waals surface area contributed by atoms with Crippen LogP contribution in [0, 0.1) is 0 Å². The molecule has 1 unspecified atom stereocenters. The number of carbonyl (C=O) groups excluding carboxylic acids is 2. The Morgan fingerprint density at radius 2 is 1.92 bits per heavy atom. The summed E-state index contributed by atoms with van der Waals surface area (Å²) in [5, 5.41) is 2.69. The van der Waals surface area contributed by atoms with Gasteiger partial charge in [0.1, 0.15) is 6.04 Å². The first-order valence-corrected chi connectivity index (χ1v) is 10.6. The predicted molar refractivity (Wildman–Crippen MR) is 95.4 cm³/mol. The molecule has 1 aromatic carbocycles. The fourth-order valence-electron chi connectivity index (χ4n) is 2.27. The Kier molecular flexibility index (Phi) is 6.11. The van der Waals surface area contributed by atoms with E-state index in [4.69, 9.17) is 0 Å². The van der Waals surface area contributed by atoms with Crippen molar-refractivity contribution in [3.63, 3.8) is 0 Å². The number of urea groups is 1. The molecule has 0 radical (unpaired) electrons. The molecule has 3 amide bonds. The average molecular weight is 371 g/mol. The molecular weight excluding hydrogens is 350 g/mol. The van der Waals surface area contributed by atoms with Crippen LogP contribution in [-0.4, -0.2) is 49.1 Å². The van der Waals surface area contributed by atoms with Gasteiger partial charge in [0, 0.05) is 5.69 Å². The van der Waals surface area contributed by atoms with Gasteiger partial charge in [-0.05, 0) is 43.0 Å². The van der Waals surface area contributed by atoms with Crippen LogP contribution in [0.3, 0.4) is 0 Å². The second-order valence-electron chi connectivity index (χ2n) is 5.41. The van der Waals surface area contributed by atoms with Gasteiger partial charge in [0.15, 0.2) is 0 Å². The zero-order chi connectivity index (χ0) is 17.7. The molecule has 0 spiro atoms. The molecule has 1 aromatic rings. The highest BCUT2D eigenvalue weighted by molar-refractivity contribution is 7.98. The maximum atomic E-state index is 12.3. The van der Waals surface area contributed by atoms with Gasteiger partial charge in [-0.25, -0.2) is 13.2 Å². The Bertz CT molecular complexity index is 704. The number of nitrogens with zero attached hydrogens (tertiary/aromatic N) is 1.